The Balaban J connectivity index is 1.23. The van der Waals surface area contributed by atoms with Crippen LogP contribution in [-0.2, 0) is 0 Å². The fourth-order valence-corrected chi connectivity index (χ4v) is 11.2. The standard InChI is InChI=1S/C44H24S3/c1-3-12-30-28(10-1)41(25-17-19-37-33(23-25)27-9-5-7-15-35(27)45-37)29-11-2-4-13-31(29)42(30)26-18-20-38-34(24-26)44-40(47-38)22-21-39-43(44)32-14-6-8-16-36(32)46-39/h1-24H. The summed E-state index contributed by atoms with van der Waals surface area (Å²) < 4.78 is 8.09. The number of hydrogen-bond acceptors (Lipinski definition) is 3. The Morgan fingerprint density at radius 2 is 0.617 bits per heavy atom. The van der Waals surface area contributed by atoms with Gasteiger partial charge in [0, 0.05) is 60.5 Å². The smallest absolute Gasteiger partial charge is 0.0362 e. The van der Waals surface area contributed by atoms with Crippen LogP contribution < -0.4 is 0 Å². The quantitative estimate of drug-likeness (QED) is 0.164. The van der Waals surface area contributed by atoms with Crippen molar-refractivity contribution in [2.45, 2.75) is 0 Å². The van der Waals surface area contributed by atoms with E-state index in [1.54, 1.807) is 0 Å². The second-order valence-electron chi connectivity index (χ2n) is 12.4. The van der Waals surface area contributed by atoms with E-state index >= 15 is 0 Å². The van der Waals surface area contributed by atoms with Gasteiger partial charge in [-0.25, -0.2) is 0 Å². The van der Waals surface area contributed by atoms with E-state index in [1.165, 1.54) is 104 Å². The van der Waals surface area contributed by atoms with E-state index in [9.17, 15) is 0 Å². The van der Waals surface area contributed by atoms with Crippen LogP contribution in [-0.4, -0.2) is 0 Å². The zero-order valence-electron chi connectivity index (χ0n) is 25.1. The minimum atomic E-state index is 1.27. The third kappa shape index (κ3) is 3.68. The summed E-state index contributed by atoms with van der Waals surface area (Å²) in [6.45, 7) is 0. The average molecular weight is 649 g/mol. The Bertz CT molecular complexity index is 3020. The molecule has 8 aromatic carbocycles. The normalized spacial score (nSPS) is 12.3. The van der Waals surface area contributed by atoms with Crippen molar-refractivity contribution >= 4 is 116 Å². The molecule has 3 heterocycles. The maximum absolute atomic E-state index is 2.47. The van der Waals surface area contributed by atoms with Gasteiger partial charge < -0.3 is 0 Å². The molecular weight excluding hydrogens is 625 g/mol. The van der Waals surface area contributed by atoms with Crippen LogP contribution in [0.1, 0.15) is 0 Å². The molecule has 0 unspecified atom stereocenters. The van der Waals surface area contributed by atoms with E-state index in [2.05, 4.69) is 146 Å². The van der Waals surface area contributed by atoms with Crippen molar-refractivity contribution in [3.63, 3.8) is 0 Å². The van der Waals surface area contributed by atoms with Gasteiger partial charge in [0.15, 0.2) is 0 Å². The minimum Gasteiger partial charge on any atom is -0.135 e. The third-order valence-electron chi connectivity index (χ3n) is 9.86. The van der Waals surface area contributed by atoms with E-state index in [-0.39, 0.29) is 0 Å². The lowest BCUT2D eigenvalue weighted by Crippen LogP contribution is -1.90. The summed E-state index contributed by atoms with van der Waals surface area (Å²) >= 11 is 5.68. The molecule has 0 spiro atoms. The summed E-state index contributed by atoms with van der Waals surface area (Å²) in [5.41, 5.74) is 5.16. The first-order chi connectivity index (χ1) is 23.3. The molecule has 0 atom stereocenters. The van der Waals surface area contributed by atoms with Crippen LogP contribution in [0.25, 0.3) is 104 Å². The molecule has 0 saturated carbocycles. The van der Waals surface area contributed by atoms with Crippen LogP contribution in [0, 0.1) is 0 Å². The van der Waals surface area contributed by atoms with E-state index in [4.69, 9.17) is 0 Å². The zero-order chi connectivity index (χ0) is 30.6. The van der Waals surface area contributed by atoms with E-state index in [1.807, 2.05) is 34.0 Å². The van der Waals surface area contributed by atoms with Gasteiger partial charge >= 0.3 is 0 Å². The zero-order valence-corrected chi connectivity index (χ0v) is 27.5. The van der Waals surface area contributed by atoms with E-state index < -0.39 is 0 Å². The van der Waals surface area contributed by atoms with Gasteiger partial charge in [-0.3, -0.25) is 0 Å². The molecule has 0 radical (unpaired) electrons. The summed E-state index contributed by atoms with van der Waals surface area (Å²) in [5, 5.41) is 13.3. The summed E-state index contributed by atoms with van der Waals surface area (Å²) in [4.78, 5) is 0. The molecule has 0 aliphatic carbocycles. The van der Waals surface area contributed by atoms with Gasteiger partial charge in [-0.1, -0.05) is 97.1 Å². The summed E-state index contributed by atoms with van der Waals surface area (Å²) in [6.07, 6.45) is 0. The highest BCUT2D eigenvalue weighted by Crippen LogP contribution is 2.48. The van der Waals surface area contributed by atoms with Gasteiger partial charge in [0.25, 0.3) is 0 Å². The second-order valence-corrected chi connectivity index (χ2v) is 15.6. The highest BCUT2D eigenvalue weighted by Gasteiger charge is 2.19. The Morgan fingerprint density at radius 3 is 1.19 bits per heavy atom. The second kappa shape index (κ2) is 9.73. The van der Waals surface area contributed by atoms with Gasteiger partial charge in [-0.2, -0.15) is 0 Å². The largest absolute Gasteiger partial charge is 0.135 e. The monoisotopic (exact) mass is 648 g/mol. The van der Waals surface area contributed by atoms with Crippen LogP contribution in [0.15, 0.2) is 146 Å². The lowest BCUT2D eigenvalue weighted by atomic mass is 9.85. The Morgan fingerprint density at radius 1 is 0.255 bits per heavy atom. The molecule has 0 amide bonds. The molecule has 47 heavy (non-hydrogen) atoms. The van der Waals surface area contributed by atoms with Crippen molar-refractivity contribution in [2.75, 3.05) is 0 Å². The molecule has 0 fully saturated rings. The van der Waals surface area contributed by atoms with Crippen molar-refractivity contribution in [1.82, 2.24) is 0 Å². The third-order valence-corrected chi connectivity index (χ3v) is 13.3. The van der Waals surface area contributed by atoms with Crippen LogP contribution in [0.4, 0.5) is 0 Å². The first kappa shape index (κ1) is 26.1. The molecule has 0 saturated heterocycles. The van der Waals surface area contributed by atoms with Crippen molar-refractivity contribution < 1.29 is 0 Å². The molecule has 0 aliphatic rings. The Kier molecular flexibility index (Phi) is 5.39. The van der Waals surface area contributed by atoms with E-state index in [0.29, 0.717) is 0 Å². The number of fused-ring (bicyclic) bond motifs is 12. The van der Waals surface area contributed by atoms with Crippen LogP contribution in [0.2, 0.25) is 0 Å². The highest BCUT2D eigenvalue weighted by molar-refractivity contribution is 7.28. The fourth-order valence-electron chi connectivity index (χ4n) is 7.87. The maximum atomic E-state index is 2.47. The van der Waals surface area contributed by atoms with Crippen LogP contribution in [0.3, 0.4) is 0 Å². The summed E-state index contributed by atoms with van der Waals surface area (Å²) in [6, 6.07) is 54.6. The number of hydrogen-bond donors (Lipinski definition) is 0. The van der Waals surface area contributed by atoms with Crippen molar-refractivity contribution in [2.24, 2.45) is 0 Å². The molecule has 0 aliphatic heterocycles. The van der Waals surface area contributed by atoms with Gasteiger partial charge in [0.05, 0.1) is 0 Å². The summed E-state index contributed by atoms with van der Waals surface area (Å²) in [5.74, 6) is 0. The van der Waals surface area contributed by atoms with Gasteiger partial charge in [0.2, 0.25) is 0 Å². The molecular formula is C44H24S3. The first-order valence-electron chi connectivity index (χ1n) is 15.9. The van der Waals surface area contributed by atoms with Crippen molar-refractivity contribution in [1.29, 1.82) is 0 Å². The number of rotatable bonds is 2. The average Bonchev–Trinajstić information content (AvgIpc) is 3.81. The molecule has 11 aromatic rings. The predicted molar refractivity (Wildman–Crippen MR) is 211 cm³/mol. The Labute approximate surface area is 282 Å². The lowest BCUT2D eigenvalue weighted by molar-refractivity contribution is 1.70. The van der Waals surface area contributed by atoms with Crippen LogP contribution >= 0.6 is 34.0 Å². The number of benzene rings is 8. The maximum Gasteiger partial charge on any atom is 0.0362 e. The molecule has 0 bridgehead atoms. The molecule has 0 N–H and O–H groups in total. The molecule has 3 heteroatoms. The fraction of sp³-hybridized carbons (Fsp3) is 0. The topological polar surface area (TPSA) is 0 Å². The molecule has 0 nitrogen and oxygen atoms in total. The molecule has 11 rings (SSSR count). The SMILES string of the molecule is c1ccc2c(c1)sc1ccc(-c3c4ccccc4c(-c4ccc5sc6ccc7sc8ccccc8c7c6c5c4)c4ccccc34)cc12. The highest BCUT2D eigenvalue weighted by atomic mass is 32.1. The van der Waals surface area contributed by atoms with E-state index in [0.717, 1.165) is 0 Å². The molecule has 218 valence electrons. The Hall–Kier alpha value is -5.06. The first-order valence-corrected chi connectivity index (χ1v) is 18.4. The predicted octanol–water partition coefficient (Wildman–Crippen LogP) is 14.4. The van der Waals surface area contributed by atoms with Crippen molar-refractivity contribution in [3.05, 3.63) is 146 Å². The number of thiophene rings is 3. The van der Waals surface area contributed by atoms with Gasteiger partial charge in [0.1, 0.15) is 0 Å². The van der Waals surface area contributed by atoms with Gasteiger partial charge in [-0.05, 0) is 92.3 Å². The van der Waals surface area contributed by atoms with Crippen LogP contribution in [0.5, 0.6) is 0 Å². The lowest BCUT2D eigenvalue weighted by Gasteiger charge is -2.18. The van der Waals surface area contributed by atoms with Gasteiger partial charge in [-0.15, -0.1) is 34.0 Å². The minimum absolute atomic E-state index is 1.27. The van der Waals surface area contributed by atoms with Crippen molar-refractivity contribution in [3.8, 4) is 22.3 Å². The summed E-state index contributed by atoms with van der Waals surface area (Å²) in [7, 11) is 0. The molecule has 3 aromatic heterocycles.